The van der Waals surface area contributed by atoms with E-state index in [2.05, 4.69) is 67.7 Å². The normalized spacial score (nSPS) is 21.5. The van der Waals surface area contributed by atoms with Gasteiger partial charge in [0.2, 0.25) is 0 Å². The van der Waals surface area contributed by atoms with Crippen LogP contribution >= 0.6 is 0 Å². The molecule has 0 radical (unpaired) electrons. The van der Waals surface area contributed by atoms with Gasteiger partial charge in [-0.3, -0.25) is 4.79 Å². The van der Waals surface area contributed by atoms with Crippen LogP contribution in [0.4, 0.5) is 0 Å². The second-order valence-electron chi connectivity index (χ2n) is 11.1. The molecule has 1 N–H and O–H groups in total. The predicted octanol–water partition coefficient (Wildman–Crippen LogP) is 6.08. The summed E-state index contributed by atoms with van der Waals surface area (Å²) >= 11 is 0. The molecule has 2 rings (SSSR count). The van der Waals surface area contributed by atoms with Crippen LogP contribution in [0.15, 0.2) is 18.2 Å². The Bertz CT molecular complexity index is 742. The Kier molecular flexibility index (Phi) is 6.15. The SMILES string of the molecule is CC(C)(C)[Si](C)(C)Oc1cccc2c1C(=O)[C@@H](O)C[C@H]2O[Si](C)(C)C(C)(C)C. The Morgan fingerprint density at radius 1 is 0.964 bits per heavy atom. The van der Waals surface area contributed by atoms with Crippen LogP contribution in [-0.2, 0) is 4.43 Å². The van der Waals surface area contributed by atoms with Crippen molar-refractivity contribution in [2.24, 2.45) is 0 Å². The molecule has 158 valence electrons. The zero-order chi connectivity index (χ0) is 21.7. The molecule has 1 aliphatic rings. The van der Waals surface area contributed by atoms with Crippen molar-refractivity contribution in [3.63, 3.8) is 0 Å². The standard InChI is InChI=1S/C22H38O4Si2/c1-21(2,3)27(7,8)25-17-13-11-12-15-18(14-16(23)20(24)19(15)17)26-28(9,10)22(4,5)6/h11-13,16,18,23H,14H2,1-10H3/t16-,18+/m0/s1. The Morgan fingerprint density at radius 3 is 2.00 bits per heavy atom. The van der Waals surface area contributed by atoms with Gasteiger partial charge >= 0.3 is 0 Å². The highest BCUT2D eigenvalue weighted by molar-refractivity contribution is 6.75. The van der Waals surface area contributed by atoms with Crippen molar-refractivity contribution in [1.29, 1.82) is 0 Å². The first kappa shape index (κ1) is 23.3. The lowest BCUT2D eigenvalue weighted by molar-refractivity contribution is 0.0507. The van der Waals surface area contributed by atoms with Crippen molar-refractivity contribution in [2.75, 3.05) is 0 Å². The van der Waals surface area contributed by atoms with Crippen LogP contribution in [0.25, 0.3) is 0 Å². The fourth-order valence-electron chi connectivity index (χ4n) is 2.84. The van der Waals surface area contributed by atoms with Crippen LogP contribution in [-0.4, -0.2) is 33.6 Å². The summed E-state index contributed by atoms with van der Waals surface area (Å²) in [4.78, 5) is 12.9. The molecule has 1 aromatic rings. The number of carbonyl (C=O) groups excluding carboxylic acids is 1. The first-order valence-corrected chi connectivity index (χ1v) is 16.0. The van der Waals surface area contributed by atoms with Crippen LogP contribution in [0.3, 0.4) is 0 Å². The van der Waals surface area contributed by atoms with Gasteiger partial charge in [0, 0.05) is 6.42 Å². The van der Waals surface area contributed by atoms with Crippen molar-refractivity contribution in [1.82, 2.24) is 0 Å². The molecule has 0 saturated heterocycles. The van der Waals surface area contributed by atoms with Gasteiger partial charge in [0.15, 0.2) is 14.1 Å². The molecular formula is C22H38O4Si2. The molecule has 6 heteroatoms. The maximum atomic E-state index is 12.9. The van der Waals surface area contributed by atoms with Gasteiger partial charge in [-0.2, -0.15) is 0 Å². The minimum atomic E-state index is -2.12. The number of aliphatic hydroxyl groups is 1. The Hall–Kier alpha value is -0.956. The highest BCUT2D eigenvalue weighted by atomic mass is 28.4. The topological polar surface area (TPSA) is 55.8 Å². The predicted molar refractivity (Wildman–Crippen MR) is 120 cm³/mol. The van der Waals surface area contributed by atoms with Crippen molar-refractivity contribution in [3.8, 4) is 5.75 Å². The van der Waals surface area contributed by atoms with Gasteiger partial charge in [0.05, 0.1) is 11.7 Å². The summed E-state index contributed by atoms with van der Waals surface area (Å²) in [6, 6.07) is 5.75. The van der Waals surface area contributed by atoms with Gasteiger partial charge in [-0.1, -0.05) is 53.7 Å². The highest BCUT2D eigenvalue weighted by Gasteiger charge is 2.45. The Labute approximate surface area is 172 Å². The van der Waals surface area contributed by atoms with Gasteiger partial charge < -0.3 is 14.0 Å². The number of benzene rings is 1. The first-order chi connectivity index (χ1) is 12.5. The van der Waals surface area contributed by atoms with Crippen LogP contribution < -0.4 is 4.43 Å². The fraction of sp³-hybridized carbons (Fsp3) is 0.682. The Morgan fingerprint density at radius 2 is 1.50 bits per heavy atom. The minimum absolute atomic E-state index is 0.0170. The fourth-order valence-corrected chi connectivity index (χ4v) is 5.15. The summed E-state index contributed by atoms with van der Waals surface area (Å²) in [6.07, 6.45) is -1.03. The van der Waals surface area contributed by atoms with Gasteiger partial charge in [-0.25, -0.2) is 0 Å². The van der Waals surface area contributed by atoms with E-state index in [0.717, 1.165) is 5.56 Å². The molecular weight excluding hydrogens is 384 g/mol. The summed E-state index contributed by atoms with van der Waals surface area (Å²) in [5.74, 6) is 0.344. The molecule has 0 aromatic heterocycles. The number of aliphatic hydroxyl groups excluding tert-OH is 1. The summed E-state index contributed by atoms with van der Waals surface area (Å²) in [5.41, 5.74) is 1.37. The lowest BCUT2D eigenvalue weighted by Gasteiger charge is -2.42. The number of Topliss-reactive ketones (excluding diaryl/α,β-unsaturated/α-hetero) is 1. The number of fused-ring (bicyclic) bond motifs is 1. The third-order valence-electron chi connectivity index (χ3n) is 6.81. The number of carbonyl (C=O) groups is 1. The van der Waals surface area contributed by atoms with E-state index in [1.165, 1.54) is 0 Å². The summed E-state index contributed by atoms with van der Waals surface area (Å²) in [5, 5.41) is 10.6. The van der Waals surface area contributed by atoms with Crippen molar-refractivity contribution in [3.05, 3.63) is 29.3 Å². The molecule has 0 saturated carbocycles. The molecule has 0 heterocycles. The van der Waals surface area contributed by atoms with Crippen molar-refractivity contribution in [2.45, 2.75) is 96.4 Å². The summed E-state index contributed by atoms with van der Waals surface area (Å²) in [6.45, 7) is 21.8. The van der Waals surface area contributed by atoms with Crippen LogP contribution in [0.2, 0.25) is 36.3 Å². The third kappa shape index (κ3) is 4.45. The zero-order valence-corrected chi connectivity index (χ0v) is 21.3. The molecule has 28 heavy (non-hydrogen) atoms. The average molecular weight is 423 g/mol. The van der Waals surface area contributed by atoms with Crippen LogP contribution in [0.1, 0.15) is 70.0 Å². The van der Waals surface area contributed by atoms with Gasteiger partial charge in [-0.05, 0) is 47.9 Å². The maximum Gasteiger partial charge on any atom is 0.250 e. The minimum Gasteiger partial charge on any atom is -0.543 e. The Balaban J connectivity index is 2.51. The molecule has 0 amide bonds. The van der Waals surface area contributed by atoms with Gasteiger partial charge in [0.25, 0.3) is 8.32 Å². The summed E-state index contributed by atoms with van der Waals surface area (Å²) < 4.78 is 13.1. The van der Waals surface area contributed by atoms with Gasteiger partial charge in [-0.15, -0.1) is 0 Å². The lowest BCUT2D eigenvalue weighted by atomic mass is 9.86. The molecule has 0 spiro atoms. The third-order valence-corrected chi connectivity index (χ3v) is 15.6. The molecule has 2 atom stereocenters. The van der Waals surface area contributed by atoms with Crippen LogP contribution in [0, 0.1) is 0 Å². The van der Waals surface area contributed by atoms with E-state index in [0.29, 0.717) is 17.7 Å². The van der Waals surface area contributed by atoms with Crippen LogP contribution in [0.5, 0.6) is 5.75 Å². The maximum absolute atomic E-state index is 12.9. The lowest BCUT2D eigenvalue weighted by Crippen LogP contribution is -2.45. The second kappa shape index (κ2) is 7.38. The van der Waals surface area contributed by atoms with Crippen molar-refractivity contribution < 1.29 is 18.8 Å². The van der Waals surface area contributed by atoms with E-state index in [9.17, 15) is 9.90 Å². The van der Waals surface area contributed by atoms with E-state index in [4.69, 9.17) is 8.85 Å². The number of hydrogen-bond acceptors (Lipinski definition) is 4. The molecule has 0 bridgehead atoms. The quantitative estimate of drug-likeness (QED) is 0.597. The number of ketones is 1. The molecule has 0 fully saturated rings. The highest BCUT2D eigenvalue weighted by Crippen LogP contribution is 2.45. The van der Waals surface area contributed by atoms with E-state index in [1.54, 1.807) is 0 Å². The largest absolute Gasteiger partial charge is 0.543 e. The summed E-state index contributed by atoms with van der Waals surface area (Å²) in [7, 11) is -4.18. The average Bonchev–Trinajstić information content (AvgIpc) is 2.49. The van der Waals surface area contributed by atoms with E-state index >= 15 is 0 Å². The van der Waals surface area contributed by atoms with E-state index in [1.807, 2.05) is 18.2 Å². The smallest absolute Gasteiger partial charge is 0.250 e. The van der Waals surface area contributed by atoms with Crippen molar-refractivity contribution >= 4 is 22.4 Å². The van der Waals surface area contributed by atoms with E-state index < -0.39 is 22.7 Å². The second-order valence-corrected chi connectivity index (χ2v) is 20.5. The monoisotopic (exact) mass is 422 g/mol. The van der Waals surface area contributed by atoms with Gasteiger partial charge in [0.1, 0.15) is 11.9 Å². The first-order valence-electron chi connectivity index (χ1n) is 10.2. The molecule has 1 aromatic carbocycles. The number of hydrogen-bond donors (Lipinski definition) is 1. The zero-order valence-electron chi connectivity index (χ0n) is 19.3. The van der Waals surface area contributed by atoms with E-state index in [-0.39, 0.29) is 22.0 Å². The molecule has 0 unspecified atom stereocenters. The molecule has 0 aliphatic heterocycles. The molecule has 1 aliphatic carbocycles. The number of rotatable bonds is 4. The molecule has 4 nitrogen and oxygen atoms in total.